The van der Waals surface area contributed by atoms with Gasteiger partial charge in [0.15, 0.2) is 5.96 Å². The zero-order chi connectivity index (χ0) is 19.9. The van der Waals surface area contributed by atoms with E-state index in [4.69, 9.17) is 0 Å². The number of amides is 2. The maximum absolute atomic E-state index is 12.0. The Balaban J connectivity index is 2.11. The molecular weight excluding hydrogens is 342 g/mol. The van der Waals surface area contributed by atoms with E-state index in [0.29, 0.717) is 11.4 Å². The minimum absolute atomic E-state index is 0.00262. The Morgan fingerprint density at radius 2 is 1.52 bits per heavy atom. The molecule has 2 aliphatic rings. The van der Waals surface area contributed by atoms with Gasteiger partial charge in [0.1, 0.15) is 6.54 Å². The maximum Gasteiger partial charge on any atom is 0.243 e. The highest BCUT2D eigenvalue weighted by atomic mass is 16.2. The van der Waals surface area contributed by atoms with Crippen molar-refractivity contribution < 1.29 is 9.59 Å². The molecule has 0 radical (unpaired) electrons. The normalized spacial score (nSPS) is 20.1. The number of hydrogen-bond acceptors (Lipinski definition) is 3. The van der Waals surface area contributed by atoms with Crippen LogP contribution < -0.4 is 5.32 Å². The van der Waals surface area contributed by atoms with Gasteiger partial charge in [-0.3, -0.25) is 9.59 Å². The van der Waals surface area contributed by atoms with Crippen molar-refractivity contribution in [2.75, 3.05) is 54.4 Å². The van der Waals surface area contributed by atoms with Crippen molar-refractivity contribution in [1.29, 1.82) is 0 Å². The third-order valence-electron chi connectivity index (χ3n) is 5.88. The summed E-state index contributed by atoms with van der Waals surface area (Å²) >= 11 is 0. The number of likely N-dealkylation sites (N-methyl/N-ethyl adjacent to an activating group) is 2. The van der Waals surface area contributed by atoms with Crippen LogP contribution in [0.25, 0.3) is 0 Å². The van der Waals surface area contributed by atoms with Gasteiger partial charge in [-0.05, 0) is 31.1 Å². The molecule has 1 aliphatic carbocycles. The predicted octanol–water partition coefficient (Wildman–Crippen LogP) is 1.54. The minimum atomic E-state index is -0.0329. The third-order valence-corrected chi connectivity index (χ3v) is 5.88. The molecular formula is C20H37N5O2. The highest BCUT2D eigenvalue weighted by molar-refractivity contribution is 5.88. The number of piperidine rings is 1. The van der Waals surface area contributed by atoms with E-state index >= 15 is 0 Å². The first-order valence-corrected chi connectivity index (χ1v) is 10.3. The lowest BCUT2D eigenvalue weighted by atomic mass is 9.74. The monoisotopic (exact) mass is 379 g/mol. The summed E-state index contributed by atoms with van der Waals surface area (Å²) in [6.07, 6.45) is 10.3. The van der Waals surface area contributed by atoms with Crippen LogP contribution in [0.1, 0.15) is 51.4 Å². The van der Waals surface area contributed by atoms with Gasteiger partial charge in [0.2, 0.25) is 11.8 Å². The second-order valence-corrected chi connectivity index (χ2v) is 8.51. The first-order chi connectivity index (χ1) is 12.8. The number of guanidine groups is 1. The van der Waals surface area contributed by atoms with Crippen LogP contribution in [0.3, 0.4) is 0 Å². The molecule has 0 aromatic rings. The summed E-state index contributed by atoms with van der Waals surface area (Å²) < 4.78 is 0. The number of likely N-dealkylation sites (tertiary alicyclic amines) is 1. The first kappa shape index (κ1) is 21.5. The average Bonchev–Trinajstić information content (AvgIpc) is 2.86. The van der Waals surface area contributed by atoms with Gasteiger partial charge in [0, 0.05) is 41.3 Å². The van der Waals surface area contributed by atoms with Crippen molar-refractivity contribution in [3.05, 3.63) is 0 Å². The molecule has 1 N–H and O–H groups in total. The van der Waals surface area contributed by atoms with E-state index in [1.165, 1.54) is 44.9 Å². The summed E-state index contributed by atoms with van der Waals surface area (Å²) in [7, 11) is 6.97. The van der Waals surface area contributed by atoms with Crippen LogP contribution in [0.5, 0.6) is 0 Å². The molecule has 0 aromatic carbocycles. The quantitative estimate of drug-likeness (QED) is 0.594. The molecule has 154 valence electrons. The molecule has 7 nitrogen and oxygen atoms in total. The van der Waals surface area contributed by atoms with Gasteiger partial charge < -0.3 is 20.0 Å². The van der Waals surface area contributed by atoms with Gasteiger partial charge in [0.05, 0.1) is 6.54 Å². The fourth-order valence-electron chi connectivity index (χ4n) is 4.14. The molecule has 2 amide bonds. The molecule has 2 rings (SSSR count). The van der Waals surface area contributed by atoms with Gasteiger partial charge in [-0.15, -0.1) is 0 Å². The van der Waals surface area contributed by atoms with Crippen molar-refractivity contribution in [1.82, 2.24) is 20.0 Å². The number of rotatable bonds is 4. The van der Waals surface area contributed by atoms with Gasteiger partial charge >= 0.3 is 0 Å². The van der Waals surface area contributed by atoms with Crippen LogP contribution in [0.2, 0.25) is 0 Å². The van der Waals surface area contributed by atoms with Crippen LogP contribution in [-0.4, -0.2) is 86.8 Å². The topological polar surface area (TPSA) is 68.2 Å². The van der Waals surface area contributed by atoms with E-state index in [9.17, 15) is 9.59 Å². The molecule has 27 heavy (non-hydrogen) atoms. The van der Waals surface area contributed by atoms with Gasteiger partial charge in [-0.2, -0.15) is 0 Å². The number of nitrogens with zero attached hydrogens (tertiary/aromatic N) is 4. The summed E-state index contributed by atoms with van der Waals surface area (Å²) in [6, 6.07) is 0. The Morgan fingerprint density at radius 3 is 2.11 bits per heavy atom. The molecule has 1 saturated carbocycles. The van der Waals surface area contributed by atoms with E-state index < -0.39 is 0 Å². The number of carbonyl (C=O) groups excluding carboxylic acids is 2. The lowest BCUT2D eigenvalue weighted by molar-refractivity contribution is -0.127. The van der Waals surface area contributed by atoms with E-state index in [2.05, 4.69) is 15.2 Å². The minimum Gasteiger partial charge on any atom is -0.347 e. The predicted molar refractivity (Wildman–Crippen MR) is 109 cm³/mol. The van der Waals surface area contributed by atoms with E-state index in [-0.39, 0.29) is 24.9 Å². The zero-order valence-corrected chi connectivity index (χ0v) is 17.6. The van der Waals surface area contributed by atoms with Gasteiger partial charge in [0.25, 0.3) is 0 Å². The van der Waals surface area contributed by atoms with Crippen LogP contribution in [0.15, 0.2) is 4.99 Å². The molecule has 0 bridgehead atoms. The molecule has 0 aromatic heterocycles. The van der Waals surface area contributed by atoms with Crippen LogP contribution in [0, 0.1) is 5.41 Å². The fourth-order valence-corrected chi connectivity index (χ4v) is 4.14. The molecule has 1 saturated heterocycles. The van der Waals surface area contributed by atoms with Gasteiger partial charge in [-0.1, -0.05) is 25.7 Å². The molecule has 1 aliphatic heterocycles. The zero-order valence-electron chi connectivity index (χ0n) is 17.6. The van der Waals surface area contributed by atoms with Crippen LogP contribution >= 0.6 is 0 Å². The summed E-state index contributed by atoms with van der Waals surface area (Å²) in [5.41, 5.74) is 0.369. The number of nitrogens with one attached hydrogen (secondary N) is 1. The smallest absolute Gasteiger partial charge is 0.243 e. The summed E-state index contributed by atoms with van der Waals surface area (Å²) in [5.74, 6) is 0.668. The number of hydrogen-bond donors (Lipinski definition) is 1. The van der Waals surface area contributed by atoms with E-state index in [0.717, 1.165) is 19.5 Å². The van der Waals surface area contributed by atoms with Gasteiger partial charge in [-0.25, -0.2) is 4.99 Å². The molecule has 0 atom stereocenters. The maximum atomic E-state index is 12.0. The summed E-state index contributed by atoms with van der Waals surface area (Å²) in [6.45, 7) is 2.21. The van der Waals surface area contributed by atoms with Crippen molar-refractivity contribution in [2.24, 2.45) is 10.4 Å². The van der Waals surface area contributed by atoms with E-state index in [1.54, 1.807) is 38.0 Å². The van der Waals surface area contributed by atoms with Crippen LogP contribution in [-0.2, 0) is 9.59 Å². The van der Waals surface area contributed by atoms with Crippen molar-refractivity contribution in [2.45, 2.75) is 51.4 Å². The largest absolute Gasteiger partial charge is 0.347 e. The molecule has 1 spiro atoms. The Hall–Kier alpha value is -1.79. The Labute approximate surface area is 164 Å². The summed E-state index contributed by atoms with van der Waals surface area (Å²) in [4.78, 5) is 34.0. The number of aliphatic imine (C=N–C) groups is 1. The molecule has 7 heteroatoms. The SMILES string of the molecule is CN(C)C(=O)CN=C(NCC(=O)N(C)C)N1CCCC2(CCCCCC2)C1. The first-order valence-electron chi connectivity index (χ1n) is 10.3. The third kappa shape index (κ3) is 6.40. The lowest BCUT2D eigenvalue weighted by Crippen LogP contribution is -2.52. The Bertz CT molecular complexity index is 536. The second kappa shape index (κ2) is 9.95. The van der Waals surface area contributed by atoms with Crippen molar-refractivity contribution in [3.8, 4) is 0 Å². The average molecular weight is 380 g/mol. The van der Waals surface area contributed by atoms with Crippen molar-refractivity contribution in [3.63, 3.8) is 0 Å². The standard InChI is InChI=1S/C20H37N5O2/c1-23(2)17(26)14-21-19(22-15-18(27)24(3)4)25-13-9-12-20(16-25)10-7-5-6-8-11-20/h5-16H2,1-4H3,(H,21,22). The van der Waals surface area contributed by atoms with E-state index in [1.807, 2.05) is 0 Å². The number of carbonyl (C=O) groups is 2. The fraction of sp³-hybridized carbons (Fsp3) is 0.850. The molecule has 1 heterocycles. The van der Waals surface area contributed by atoms with Crippen LogP contribution in [0.4, 0.5) is 0 Å². The highest BCUT2D eigenvalue weighted by Crippen LogP contribution is 2.42. The van der Waals surface area contributed by atoms with Crippen molar-refractivity contribution >= 4 is 17.8 Å². The second-order valence-electron chi connectivity index (χ2n) is 8.51. The Kier molecular flexibility index (Phi) is 7.92. The summed E-state index contributed by atoms with van der Waals surface area (Å²) in [5, 5.41) is 3.22. The molecule has 2 fully saturated rings. The molecule has 0 unspecified atom stereocenters. The highest BCUT2D eigenvalue weighted by Gasteiger charge is 2.36. The lowest BCUT2D eigenvalue weighted by Gasteiger charge is -2.44. The Morgan fingerprint density at radius 1 is 0.926 bits per heavy atom.